The van der Waals surface area contributed by atoms with Crippen LogP contribution in [0.4, 0.5) is 0 Å². The van der Waals surface area contributed by atoms with Crippen LogP contribution in [-0.4, -0.2) is 0 Å². The molecule has 0 N–H and O–H groups in total. The van der Waals surface area contributed by atoms with Crippen molar-refractivity contribution in [2.45, 2.75) is 0 Å². The fourth-order valence-corrected chi connectivity index (χ4v) is 2.36. The highest BCUT2D eigenvalue weighted by Crippen LogP contribution is 2.31. The fourth-order valence-electron chi connectivity index (χ4n) is 1.42. The second-order valence-electron chi connectivity index (χ2n) is 3.04. The SMILES string of the molecule is C=Cc1ccc2c(Br)ccc(Br)c2c1. The molecule has 0 bridgehead atoms. The van der Waals surface area contributed by atoms with E-state index in [1.165, 1.54) is 10.8 Å². The van der Waals surface area contributed by atoms with Crippen molar-refractivity contribution in [1.82, 2.24) is 0 Å². The van der Waals surface area contributed by atoms with Gasteiger partial charge in [-0.15, -0.1) is 0 Å². The summed E-state index contributed by atoms with van der Waals surface area (Å²) in [6.45, 7) is 3.76. The van der Waals surface area contributed by atoms with E-state index >= 15 is 0 Å². The van der Waals surface area contributed by atoms with Gasteiger partial charge in [0.2, 0.25) is 0 Å². The molecular formula is C12H8Br2. The van der Waals surface area contributed by atoms with Crippen LogP contribution in [0.1, 0.15) is 5.56 Å². The molecule has 0 radical (unpaired) electrons. The molecule has 14 heavy (non-hydrogen) atoms. The summed E-state index contributed by atoms with van der Waals surface area (Å²) >= 11 is 7.07. The summed E-state index contributed by atoms with van der Waals surface area (Å²) in [6.07, 6.45) is 1.85. The number of halogens is 2. The van der Waals surface area contributed by atoms with Crippen molar-refractivity contribution in [2.75, 3.05) is 0 Å². The summed E-state index contributed by atoms with van der Waals surface area (Å²) in [5.41, 5.74) is 1.14. The van der Waals surface area contributed by atoms with Crippen molar-refractivity contribution in [3.63, 3.8) is 0 Å². The zero-order chi connectivity index (χ0) is 10.1. The van der Waals surface area contributed by atoms with E-state index in [1.54, 1.807) is 0 Å². The highest BCUT2D eigenvalue weighted by Gasteiger charge is 2.02. The molecule has 0 atom stereocenters. The minimum Gasteiger partial charge on any atom is -0.0985 e. The van der Waals surface area contributed by atoms with E-state index in [0.717, 1.165) is 14.5 Å². The molecule has 2 rings (SSSR count). The predicted molar refractivity (Wildman–Crippen MR) is 69.4 cm³/mol. The van der Waals surface area contributed by atoms with Gasteiger partial charge in [-0.3, -0.25) is 0 Å². The Labute approximate surface area is 99.9 Å². The molecule has 0 aliphatic heterocycles. The molecule has 0 unspecified atom stereocenters. The van der Waals surface area contributed by atoms with Crippen molar-refractivity contribution in [3.8, 4) is 0 Å². The molecule has 0 aliphatic carbocycles. The van der Waals surface area contributed by atoms with Crippen LogP contribution in [0.5, 0.6) is 0 Å². The van der Waals surface area contributed by atoms with Gasteiger partial charge in [0, 0.05) is 8.95 Å². The van der Waals surface area contributed by atoms with E-state index in [9.17, 15) is 0 Å². The Bertz CT molecular complexity index is 501. The van der Waals surface area contributed by atoms with E-state index in [4.69, 9.17) is 0 Å². The molecule has 2 aromatic carbocycles. The van der Waals surface area contributed by atoms with Crippen LogP contribution in [0.25, 0.3) is 16.8 Å². The Hall–Kier alpha value is -0.600. The van der Waals surface area contributed by atoms with Crippen LogP contribution < -0.4 is 0 Å². The first-order chi connectivity index (χ1) is 6.72. The summed E-state index contributed by atoms with van der Waals surface area (Å²) in [4.78, 5) is 0. The first-order valence-corrected chi connectivity index (χ1v) is 5.81. The Balaban J connectivity index is 2.86. The Morgan fingerprint density at radius 1 is 0.929 bits per heavy atom. The van der Waals surface area contributed by atoms with Crippen LogP contribution in [0.2, 0.25) is 0 Å². The van der Waals surface area contributed by atoms with Gasteiger partial charge in [0.1, 0.15) is 0 Å². The van der Waals surface area contributed by atoms with Crippen LogP contribution in [0.15, 0.2) is 45.9 Å². The minimum atomic E-state index is 1.11. The third kappa shape index (κ3) is 1.64. The van der Waals surface area contributed by atoms with Crippen molar-refractivity contribution in [3.05, 3.63) is 51.4 Å². The summed E-state index contributed by atoms with van der Waals surface area (Å²) < 4.78 is 2.23. The lowest BCUT2D eigenvalue weighted by Crippen LogP contribution is -1.78. The largest absolute Gasteiger partial charge is 0.0985 e. The van der Waals surface area contributed by atoms with E-state index in [2.05, 4.69) is 56.6 Å². The number of hydrogen-bond acceptors (Lipinski definition) is 0. The molecule has 0 aromatic heterocycles. The average Bonchev–Trinajstić information content (AvgIpc) is 2.23. The smallest absolute Gasteiger partial charge is 0.0254 e. The summed E-state index contributed by atoms with van der Waals surface area (Å²) in [5, 5.41) is 2.42. The molecule has 2 heteroatoms. The van der Waals surface area contributed by atoms with Crippen LogP contribution in [0, 0.1) is 0 Å². The van der Waals surface area contributed by atoms with Crippen molar-refractivity contribution >= 4 is 48.7 Å². The Morgan fingerprint density at radius 2 is 1.57 bits per heavy atom. The normalized spacial score (nSPS) is 10.4. The van der Waals surface area contributed by atoms with Gasteiger partial charge in [0.05, 0.1) is 0 Å². The zero-order valence-electron chi connectivity index (χ0n) is 7.43. The first kappa shape index (κ1) is 9.94. The van der Waals surface area contributed by atoms with E-state index < -0.39 is 0 Å². The lowest BCUT2D eigenvalue weighted by molar-refractivity contribution is 1.65. The summed E-state index contributed by atoms with van der Waals surface area (Å²) in [7, 11) is 0. The molecule has 0 amide bonds. The molecule has 0 saturated carbocycles. The van der Waals surface area contributed by atoms with Crippen LogP contribution in [0.3, 0.4) is 0 Å². The highest BCUT2D eigenvalue weighted by molar-refractivity contribution is 9.11. The van der Waals surface area contributed by atoms with E-state index in [1.807, 2.05) is 18.2 Å². The van der Waals surface area contributed by atoms with Crippen molar-refractivity contribution in [1.29, 1.82) is 0 Å². The molecule has 0 nitrogen and oxygen atoms in total. The van der Waals surface area contributed by atoms with Gasteiger partial charge in [-0.2, -0.15) is 0 Å². The maximum Gasteiger partial charge on any atom is 0.0254 e. The monoisotopic (exact) mass is 310 g/mol. The van der Waals surface area contributed by atoms with E-state index in [0.29, 0.717) is 0 Å². The molecule has 2 aromatic rings. The maximum absolute atomic E-state index is 3.76. The Morgan fingerprint density at radius 3 is 2.21 bits per heavy atom. The van der Waals surface area contributed by atoms with E-state index in [-0.39, 0.29) is 0 Å². The minimum absolute atomic E-state index is 1.11. The molecule has 0 heterocycles. The number of rotatable bonds is 1. The molecule has 0 spiro atoms. The number of benzene rings is 2. The highest BCUT2D eigenvalue weighted by atomic mass is 79.9. The van der Waals surface area contributed by atoms with Gasteiger partial charge in [-0.25, -0.2) is 0 Å². The van der Waals surface area contributed by atoms with Gasteiger partial charge in [0.15, 0.2) is 0 Å². The van der Waals surface area contributed by atoms with Gasteiger partial charge in [0.25, 0.3) is 0 Å². The van der Waals surface area contributed by atoms with Gasteiger partial charge < -0.3 is 0 Å². The number of fused-ring (bicyclic) bond motifs is 1. The molecule has 0 saturated heterocycles. The van der Waals surface area contributed by atoms with Crippen LogP contribution in [-0.2, 0) is 0 Å². The van der Waals surface area contributed by atoms with Gasteiger partial charge >= 0.3 is 0 Å². The first-order valence-electron chi connectivity index (χ1n) is 4.22. The van der Waals surface area contributed by atoms with Gasteiger partial charge in [-0.1, -0.05) is 56.6 Å². The van der Waals surface area contributed by atoms with Crippen LogP contribution >= 0.6 is 31.9 Å². The van der Waals surface area contributed by atoms with Crippen molar-refractivity contribution in [2.24, 2.45) is 0 Å². The predicted octanol–water partition coefficient (Wildman–Crippen LogP) is 5.01. The lowest BCUT2D eigenvalue weighted by atomic mass is 10.1. The second-order valence-corrected chi connectivity index (χ2v) is 4.75. The third-order valence-corrected chi connectivity index (χ3v) is 3.55. The molecular weight excluding hydrogens is 304 g/mol. The summed E-state index contributed by atoms with van der Waals surface area (Å²) in [5.74, 6) is 0. The third-order valence-electron chi connectivity index (χ3n) is 2.17. The molecule has 0 fully saturated rings. The topological polar surface area (TPSA) is 0 Å². The Kier molecular flexibility index (Phi) is 2.75. The van der Waals surface area contributed by atoms with Gasteiger partial charge in [-0.05, 0) is 34.5 Å². The summed E-state index contributed by atoms with van der Waals surface area (Å²) in [6, 6.07) is 10.4. The van der Waals surface area contributed by atoms with Crippen molar-refractivity contribution < 1.29 is 0 Å². The standard InChI is InChI=1S/C12H8Br2/c1-2-8-3-4-9-10(7-8)12(14)6-5-11(9)13/h2-7H,1H2. The maximum atomic E-state index is 3.76. The average molecular weight is 312 g/mol. The molecule has 70 valence electrons. The second kappa shape index (κ2) is 3.87. The quantitative estimate of drug-likeness (QED) is 0.694. The lowest BCUT2D eigenvalue weighted by Gasteiger charge is -2.04. The molecule has 0 aliphatic rings. The fraction of sp³-hybridized carbons (Fsp3) is 0. The number of hydrogen-bond donors (Lipinski definition) is 0. The zero-order valence-corrected chi connectivity index (χ0v) is 10.6.